The predicted molar refractivity (Wildman–Crippen MR) is 80.2 cm³/mol. The van der Waals surface area contributed by atoms with Crippen LogP contribution in [0.4, 0.5) is 5.69 Å². The first kappa shape index (κ1) is 16.7. The average molecular weight is 413 g/mol. The Kier molecular flexibility index (Phi) is 5.74. The van der Waals surface area contributed by atoms with Gasteiger partial charge in [-0.1, -0.05) is 0 Å². The predicted octanol–water partition coefficient (Wildman–Crippen LogP) is 1.29. The van der Waals surface area contributed by atoms with E-state index in [2.05, 4.69) is 9.46 Å². The number of halogens is 1. The number of rotatable bonds is 6. The molecule has 1 aromatic rings. The number of anilines is 1. The molecule has 0 radical (unpaired) electrons. The first-order valence-corrected chi connectivity index (χ1v) is 8.08. The third-order valence-corrected chi connectivity index (χ3v) is 4.22. The number of carbonyl (C=O) groups excluding carboxylic acids is 1. The van der Waals surface area contributed by atoms with E-state index in [0.717, 1.165) is 7.11 Å². The Morgan fingerprint density at radius 1 is 1.40 bits per heavy atom. The van der Waals surface area contributed by atoms with Gasteiger partial charge in [-0.2, -0.15) is 0 Å². The smallest absolute Gasteiger partial charge is 0.337 e. The number of carbonyl (C=O) groups is 2. The molecule has 0 fully saturated rings. The standard InChI is InChI=1S/C11H12INO6S/c1-19-10(14)4-5-20(17,18)13-9-3-2-7(12)6-8(9)11(15)16/h2-3,6,13H,4-5H2,1H3,(H,15,16). The molecular formula is C11H12INO6S. The van der Waals surface area contributed by atoms with Crippen LogP contribution in [0.25, 0.3) is 0 Å². The maximum absolute atomic E-state index is 11.8. The summed E-state index contributed by atoms with van der Waals surface area (Å²) in [6.45, 7) is 0. The largest absolute Gasteiger partial charge is 0.478 e. The van der Waals surface area contributed by atoms with Crippen LogP contribution in [0.2, 0.25) is 0 Å². The maximum atomic E-state index is 11.8. The fraction of sp³-hybridized carbons (Fsp3) is 0.273. The van der Waals surface area contributed by atoms with Gasteiger partial charge in [0.15, 0.2) is 0 Å². The van der Waals surface area contributed by atoms with Crippen LogP contribution in [0.1, 0.15) is 16.8 Å². The van der Waals surface area contributed by atoms with Gasteiger partial charge in [0, 0.05) is 3.57 Å². The van der Waals surface area contributed by atoms with Crippen LogP contribution in [0.15, 0.2) is 18.2 Å². The molecule has 0 bridgehead atoms. The van der Waals surface area contributed by atoms with Crippen molar-refractivity contribution in [3.8, 4) is 0 Å². The molecule has 9 heteroatoms. The minimum atomic E-state index is -3.83. The molecule has 0 saturated carbocycles. The average Bonchev–Trinajstić information content (AvgIpc) is 2.37. The molecule has 1 rings (SSSR count). The molecule has 0 atom stereocenters. The number of hydrogen-bond donors (Lipinski definition) is 2. The zero-order valence-corrected chi connectivity index (χ0v) is 13.4. The Morgan fingerprint density at radius 2 is 2.05 bits per heavy atom. The van der Waals surface area contributed by atoms with E-state index in [4.69, 9.17) is 5.11 Å². The van der Waals surface area contributed by atoms with Gasteiger partial charge in [-0.3, -0.25) is 9.52 Å². The first-order valence-electron chi connectivity index (χ1n) is 5.35. The Hall–Kier alpha value is -1.36. The van der Waals surface area contributed by atoms with E-state index >= 15 is 0 Å². The summed E-state index contributed by atoms with van der Waals surface area (Å²) in [5.74, 6) is -2.38. The summed E-state index contributed by atoms with van der Waals surface area (Å²) in [4.78, 5) is 22.0. The van der Waals surface area contributed by atoms with Crippen molar-refractivity contribution >= 4 is 50.2 Å². The van der Waals surface area contributed by atoms with Crippen LogP contribution in [0.5, 0.6) is 0 Å². The monoisotopic (exact) mass is 413 g/mol. The fourth-order valence-corrected chi connectivity index (χ4v) is 2.86. The summed E-state index contributed by atoms with van der Waals surface area (Å²) in [7, 11) is -2.67. The van der Waals surface area contributed by atoms with Crippen molar-refractivity contribution in [1.82, 2.24) is 0 Å². The topological polar surface area (TPSA) is 110 Å². The second kappa shape index (κ2) is 6.88. The zero-order chi connectivity index (χ0) is 15.3. The van der Waals surface area contributed by atoms with Crippen LogP contribution in [-0.2, 0) is 19.6 Å². The van der Waals surface area contributed by atoms with Gasteiger partial charge in [0.05, 0.1) is 30.5 Å². The quantitative estimate of drug-likeness (QED) is 0.538. The van der Waals surface area contributed by atoms with E-state index in [1.807, 2.05) is 22.6 Å². The lowest BCUT2D eigenvalue weighted by Gasteiger charge is -2.10. The maximum Gasteiger partial charge on any atom is 0.337 e. The lowest BCUT2D eigenvalue weighted by Crippen LogP contribution is -2.21. The highest BCUT2D eigenvalue weighted by molar-refractivity contribution is 14.1. The van der Waals surface area contributed by atoms with Gasteiger partial charge in [-0.25, -0.2) is 13.2 Å². The number of hydrogen-bond acceptors (Lipinski definition) is 5. The van der Waals surface area contributed by atoms with Crippen LogP contribution in [-0.4, -0.2) is 38.3 Å². The van der Waals surface area contributed by atoms with Gasteiger partial charge >= 0.3 is 11.9 Å². The van der Waals surface area contributed by atoms with Crippen LogP contribution >= 0.6 is 22.6 Å². The van der Waals surface area contributed by atoms with E-state index in [1.54, 1.807) is 6.07 Å². The minimum Gasteiger partial charge on any atom is -0.478 e. The summed E-state index contributed by atoms with van der Waals surface area (Å²) in [5, 5.41) is 9.03. The molecule has 0 spiro atoms. The zero-order valence-electron chi connectivity index (χ0n) is 10.4. The molecular weight excluding hydrogens is 401 g/mol. The van der Waals surface area contributed by atoms with E-state index in [0.29, 0.717) is 3.57 Å². The lowest BCUT2D eigenvalue weighted by atomic mass is 10.2. The van der Waals surface area contributed by atoms with Crippen molar-refractivity contribution in [1.29, 1.82) is 0 Å². The molecule has 0 aromatic heterocycles. The van der Waals surface area contributed by atoms with E-state index in [9.17, 15) is 18.0 Å². The van der Waals surface area contributed by atoms with Gasteiger partial charge in [0.1, 0.15) is 0 Å². The van der Waals surface area contributed by atoms with Crippen molar-refractivity contribution in [2.45, 2.75) is 6.42 Å². The minimum absolute atomic E-state index is 0.0391. The molecule has 0 amide bonds. The van der Waals surface area contributed by atoms with Crippen molar-refractivity contribution in [2.24, 2.45) is 0 Å². The first-order chi connectivity index (χ1) is 9.25. The number of methoxy groups -OCH3 is 1. The SMILES string of the molecule is COC(=O)CCS(=O)(=O)Nc1ccc(I)cc1C(=O)O. The normalized spacial score (nSPS) is 10.9. The summed E-state index contributed by atoms with van der Waals surface area (Å²) in [5.41, 5.74) is -0.193. The highest BCUT2D eigenvalue weighted by Crippen LogP contribution is 2.20. The second-order valence-electron chi connectivity index (χ2n) is 3.74. The number of benzene rings is 1. The molecule has 0 aliphatic rings. The lowest BCUT2D eigenvalue weighted by molar-refractivity contribution is -0.140. The Bertz CT molecular complexity index is 628. The Balaban J connectivity index is 2.92. The van der Waals surface area contributed by atoms with Gasteiger partial charge < -0.3 is 9.84 Å². The van der Waals surface area contributed by atoms with Gasteiger partial charge in [-0.15, -0.1) is 0 Å². The third-order valence-electron chi connectivity index (χ3n) is 2.28. The highest BCUT2D eigenvalue weighted by atomic mass is 127. The number of sulfonamides is 1. The molecule has 110 valence electrons. The number of esters is 1. The number of carboxylic acid groups (broad SMARTS) is 1. The third kappa shape index (κ3) is 4.96. The number of carboxylic acids is 1. The van der Waals surface area contributed by atoms with Crippen molar-refractivity contribution in [3.05, 3.63) is 27.3 Å². The molecule has 1 aromatic carbocycles. The summed E-state index contributed by atoms with van der Waals surface area (Å²) < 4.78 is 30.7. The van der Waals surface area contributed by atoms with Crippen LogP contribution in [0.3, 0.4) is 0 Å². The van der Waals surface area contributed by atoms with Crippen molar-refractivity contribution in [3.63, 3.8) is 0 Å². The highest BCUT2D eigenvalue weighted by Gasteiger charge is 2.18. The van der Waals surface area contributed by atoms with Gasteiger partial charge in [0.25, 0.3) is 0 Å². The molecule has 2 N–H and O–H groups in total. The van der Waals surface area contributed by atoms with Crippen LogP contribution in [0, 0.1) is 3.57 Å². The molecule has 0 aliphatic heterocycles. The molecule has 0 heterocycles. The Labute approximate surface area is 129 Å². The van der Waals surface area contributed by atoms with Crippen LogP contribution < -0.4 is 4.72 Å². The van der Waals surface area contributed by atoms with Gasteiger partial charge in [0.2, 0.25) is 10.0 Å². The fourth-order valence-electron chi connectivity index (χ4n) is 1.32. The van der Waals surface area contributed by atoms with E-state index < -0.39 is 27.7 Å². The van der Waals surface area contributed by atoms with Gasteiger partial charge in [-0.05, 0) is 40.8 Å². The van der Waals surface area contributed by atoms with E-state index in [1.165, 1.54) is 12.1 Å². The van der Waals surface area contributed by atoms with Crippen molar-refractivity contribution in [2.75, 3.05) is 17.6 Å². The number of aromatic carboxylic acids is 1. The molecule has 0 unspecified atom stereocenters. The summed E-state index contributed by atoms with van der Waals surface area (Å²) in [6.07, 6.45) is -0.307. The number of ether oxygens (including phenoxy) is 1. The molecule has 0 aliphatic carbocycles. The number of nitrogens with one attached hydrogen (secondary N) is 1. The van der Waals surface area contributed by atoms with Crippen molar-refractivity contribution < 1.29 is 27.9 Å². The summed E-state index contributed by atoms with van der Waals surface area (Å²) in [6, 6.07) is 4.28. The Morgan fingerprint density at radius 3 is 2.60 bits per heavy atom. The molecule has 20 heavy (non-hydrogen) atoms. The summed E-state index contributed by atoms with van der Waals surface area (Å²) >= 11 is 1.92. The van der Waals surface area contributed by atoms with E-state index in [-0.39, 0.29) is 17.7 Å². The molecule has 7 nitrogen and oxygen atoms in total. The molecule has 0 saturated heterocycles. The second-order valence-corrected chi connectivity index (χ2v) is 6.83.